The first-order valence-corrected chi connectivity index (χ1v) is 7.98. The fraction of sp³-hybridized carbons (Fsp3) is 0.158. The molecule has 3 rings (SSSR count). The van der Waals surface area contributed by atoms with Crippen molar-refractivity contribution in [2.45, 2.75) is 20.4 Å². The molecule has 2 aromatic heterocycles. The third-order valence-corrected chi connectivity index (χ3v) is 3.75. The molecule has 1 amide bonds. The van der Waals surface area contributed by atoms with Crippen molar-refractivity contribution in [1.82, 2.24) is 20.2 Å². The number of carbonyl (C=O) groups is 1. The van der Waals surface area contributed by atoms with Gasteiger partial charge in [-0.1, -0.05) is 36.4 Å². The second-order valence-corrected chi connectivity index (χ2v) is 5.67. The van der Waals surface area contributed by atoms with Crippen LogP contribution in [-0.4, -0.2) is 26.4 Å². The smallest absolute Gasteiger partial charge is 0.265 e. The lowest BCUT2D eigenvalue weighted by Crippen LogP contribution is -2.20. The highest BCUT2D eigenvalue weighted by molar-refractivity contribution is 5.99. The van der Waals surface area contributed by atoms with E-state index in [0.29, 0.717) is 23.6 Å². The molecule has 1 N–H and O–H groups in total. The predicted molar refractivity (Wildman–Crippen MR) is 96.4 cm³/mol. The highest BCUT2D eigenvalue weighted by Gasteiger charge is 2.12. The monoisotopic (exact) mass is 333 g/mol. The van der Waals surface area contributed by atoms with E-state index in [-0.39, 0.29) is 5.91 Å². The summed E-state index contributed by atoms with van der Waals surface area (Å²) in [6, 6.07) is 17.3. The molecule has 6 nitrogen and oxygen atoms in total. The molecule has 0 aliphatic rings. The van der Waals surface area contributed by atoms with Crippen LogP contribution in [0.5, 0.6) is 0 Å². The van der Waals surface area contributed by atoms with Crippen LogP contribution in [0.3, 0.4) is 0 Å². The van der Waals surface area contributed by atoms with E-state index < -0.39 is 0 Å². The molecule has 126 valence electrons. The first kappa shape index (κ1) is 16.6. The zero-order valence-electron chi connectivity index (χ0n) is 14.2. The maximum Gasteiger partial charge on any atom is 0.291 e. The Hall–Kier alpha value is -3.28. The van der Waals surface area contributed by atoms with E-state index in [1.807, 2.05) is 55.5 Å². The molecule has 3 aromatic rings. The van der Waals surface area contributed by atoms with Gasteiger partial charge in [-0.05, 0) is 37.6 Å². The second-order valence-electron chi connectivity index (χ2n) is 5.67. The quantitative estimate of drug-likeness (QED) is 0.576. The third kappa shape index (κ3) is 4.17. The van der Waals surface area contributed by atoms with Crippen LogP contribution < -0.4 is 5.43 Å². The number of hydrogen-bond donors (Lipinski definition) is 1. The van der Waals surface area contributed by atoms with Gasteiger partial charge in [-0.25, -0.2) is 5.43 Å². The Balaban J connectivity index is 1.70. The summed E-state index contributed by atoms with van der Waals surface area (Å²) < 4.78 is 1.81. The maximum atomic E-state index is 12.3. The Morgan fingerprint density at radius 2 is 1.88 bits per heavy atom. The molecular formula is C19H19N5O. The SMILES string of the molecule is CC(=NNC(=O)c1cc(C)n(Cc2ccccc2)n1)c1ccccn1. The van der Waals surface area contributed by atoms with Crippen LogP contribution in [0.15, 0.2) is 65.9 Å². The topological polar surface area (TPSA) is 72.2 Å². The van der Waals surface area contributed by atoms with Gasteiger partial charge in [0.15, 0.2) is 5.69 Å². The van der Waals surface area contributed by atoms with E-state index in [0.717, 1.165) is 11.3 Å². The summed E-state index contributed by atoms with van der Waals surface area (Å²) in [7, 11) is 0. The predicted octanol–water partition coefficient (Wildman–Crippen LogP) is 2.79. The molecular weight excluding hydrogens is 314 g/mol. The average Bonchev–Trinajstić information content (AvgIpc) is 3.01. The van der Waals surface area contributed by atoms with Crippen molar-refractivity contribution in [3.63, 3.8) is 0 Å². The van der Waals surface area contributed by atoms with Crippen molar-refractivity contribution in [3.8, 4) is 0 Å². The van der Waals surface area contributed by atoms with Gasteiger partial charge in [-0.2, -0.15) is 10.2 Å². The van der Waals surface area contributed by atoms with Gasteiger partial charge in [-0.15, -0.1) is 0 Å². The Bertz CT molecular complexity index is 885. The molecule has 6 heteroatoms. The van der Waals surface area contributed by atoms with E-state index in [2.05, 4.69) is 20.6 Å². The van der Waals surface area contributed by atoms with Crippen LogP contribution in [-0.2, 0) is 6.54 Å². The Labute approximate surface area is 146 Å². The largest absolute Gasteiger partial charge is 0.291 e. The van der Waals surface area contributed by atoms with Gasteiger partial charge in [-0.3, -0.25) is 14.5 Å². The summed E-state index contributed by atoms with van der Waals surface area (Å²) in [5, 5.41) is 8.47. The number of rotatable bonds is 5. The highest BCUT2D eigenvalue weighted by atomic mass is 16.2. The molecule has 0 fully saturated rings. The molecule has 0 radical (unpaired) electrons. The molecule has 0 unspecified atom stereocenters. The number of nitrogens with zero attached hydrogens (tertiary/aromatic N) is 4. The number of carbonyl (C=O) groups excluding carboxylic acids is 1. The number of pyridine rings is 1. The minimum atomic E-state index is -0.342. The second kappa shape index (κ2) is 7.53. The van der Waals surface area contributed by atoms with Crippen molar-refractivity contribution in [2.75, 3.05) is 0 Å². The van der Waals surface area contributed by atoms with Crippen LogP contribution in [0, 0.1) is 6.92 Å². The van der Waals surface area contributed by atoms with Crippen LogP contribution in [0.1, 0.15) is 34.4 Å². The number of aryl methyl sites for hydroxylation is 1. The first-order chi connectivity index (χ1) is 12.1. The minimum Gasteiger partial charge on any atom is -0.265 e. The zero-order valence-corrected chi connectivity index (χ0v) is 14.2. The van der Waals surface area contributed by atoms with E-state index in [1.54, 1.807) is 23.9 Å². The summed E-state index contributed by atoms with van der Waals surface area (Å²) in [5.41, 5.74) is 6.27. The number of amides is 1. The van der Waals surface area contributed by atoms with E-state index in [1.165, 1.54) is 0 Å². The van der Waals surface area contributed by atoms with Gasteiger partial charge in [0, 0.05) is 11.9 Å². The van der Waals surface area contributed by atoms with E-state index >= 15 is 0 Å². The molecule has 0 aliphatic heterocycles. The lowest BCUT2D eigenvalue weighted by molar-refractivity contribution is 0.0949. The Morgan fingerprint density at radius 1 is 1.12 bits per heavy atom. The average molecular weight is 333 g/mol. The third-order valence-electron chi connectivity index (χ3n) is 3.75. The normalized spacial score (nSPS) is 11.4. The fourth-order valence-electron chi connectivity index (χ4n) is 2.36. The van der Waals surface area contributed by atoms with Crippen LogP contribution in [0.4, 0.5) is 0 Å². The molecule has 0 atom stereocenters. The first-order valence-electron chi connectivity index (χ1n) is 7.98. The van der Waals surface area contributed by atoms with Gasteiger partial charge < -0.3 is 0 Å². The van der Waals surface area contributed by atoms with Gasteiger partial charge >= 0.3 is 0 Å². The molecule has 0 aliphatic carbocycles. The van der Waals surface area contributed by atoms with Crippen molar-refractivity contribution in [2.24, 2.45) is 5.10 Å². The number of hydrazone groups is 1. The molecule has 0 spiro atoms. The maximum absolute atomic E-state index is 12.3. The molecule has 25 heavy (non-hydrogen) atoms. The van der Waals surface area contributed by atoms with Crippen LogP contribution >= 0.6 is 0 Å². The van der Waals surface area contributed by atoms with Gasteiger partial charge in [0.2, 0.25) is 0 Å². The van der Waals surface area contributed by atoms with Crippen LogP contribution in [0.2, 0.25) is 0 Å². The standard InChI is InChI=1S/C19H19N5O/c1-14-12-18(23-24(14)13-16-8-4-3-5-9-16)19(25)22-21-15(2)17-10-6-7-11-20-17/h3-12H,13H2,1-2H3,(H,22,25). The lowest BCUT2D eigenvalue weighted by Gasteiger charge is -2.04. The molecule has 0 saturated carbocycles. The van der Waals surface area contributed by atoms with Crippen molar-refractivity contribution in [3.05, 3.63) is 83.4 Å². The molecule has 0 saturated heterocycles. The van der Waals surface area contributed by atoms with Crippen molar-refractivity contribution < 1.29 is 4.79 Å². The van der Waals surface area contributed by atoms with Crippen molar-refractivity contribution >= 4 is 11.6 Å². The molecule has 2 heterocycles. The summed E-state index contributed by atoms with van der Waals surface area (Å²) in [6.07, 6.45) is 1.69. The number of aromatic nitrogens is 3. The summed E-state index contributed by atoms with van der Waals surface area (Å²) >= 11 is 0. The molecule has 1 aromatic carbocycles. The van der Waals surface area contributed by atoms with Crippen molar-refractivity contribution in [1.29, 1.82) is 0 Å². The van der Waals surface area contributed by atoms with Gasteiger partial charge in [0.05, 0.1) is 18.0 Å². The summed E-state index contributed by atoms with van der Waals surface area (Å²) in [4.78, 5) is 16.5. The number of nitrogens with one attached hydrogen (secondary N) is 1. The number of benzene rings is 1. The van der Waals surface area contributed by atoms with E-state index in [4.69, 9.17) is 0 Å². The Kier molecular flexibility index (Phi) is 4.99. The summed E-state index contributed by atoms with van der Waals surface area (Å²) in [6.45, 7) is 4.34. The van der Waals surface area contributed by atoms with E-state index in [9.17, 15) is 4.79 Å². The minimum absolute atomic E-state index is 0.339. The fourth-order valence-corrected chi connectivity index (χ4v) is 2.36. The zero-order chi connectivity index (χ0) is 17.6. The highest BCUT2D eigenvalue weighted by Crippen LogP contribution is 2.08. The summed E-state index contributed by atoms with van der Waals surface area (Å²) in [5.74, 6) is -0.342. The lowest BCUT2D eigenvalue weighted by atomic mass is 10.2. The Morgan fingerprint density at radius 3 is 2.60 bits per heavy atom. The molecule has 0 bridgehead atoms. The van der Waals surface area contributed by atoms with Gasteiger partial charge in [0.1, 0.15) is 0 Å². The van der Waals surface area contributed by atoms with Gasteiger partial charge in [0.25, 0.3) is 5.91 Å². The number of hydrogen-bond acceptors (Lipinski definition) is 4. The van der Waals surface area contributed by atoms with Crippen LogP contribution in [0.25, 0.3) is 0 Å².